The molecule has 0 bridgehead atoms. The van der Waals surface area contributed by atoms with Crippen molar-refractivity contribution in [3.8, 4) is 0 Å². The van der Waals surface area contributed by atoms with Crippen LogP contribution in [0.25, 0.3) is 0 Å². The first-order valence-electron chi connectivity index (χ1n) is 6.52. The highest BCUT2D eigenvalue weighted by Crippen LogP contribution is 2.24. The van der Waals surface area contributed by atoms with Gasteiger partial charge >= 0.3 is 0 Å². The molecule has 1 saturated carbocycles. The molecule has 0 heterocycles. The molecule has 3 nitrogen and oxygen atoms in total. The van der Waals surface area contributed by atoms with Gasteiger partial charge in [-0.1, -0.05) is 12.8 Å². The van der Waals surface area contributed by atoms with Crippen molar-refractivity contribution in [2.45, 2.75) is 70.9 Å². The standard InChI is InChI=1S/C13H26N2O/c1-4-15(11-7-5-6-8-11)12(16)9-10-13(2,3)14/h11H,4-10,14H2,1-3H3. The summed E-state index contributed by atoms with van der Waals surface area (Å²) in [6.07, 6.45) is 6.29. The van der Waals surface area contributed by atoms with Crippen LogP contribution in [0.15, 0.2) is 0 Å². The van der Waals surface area contributed by atoms with Gasteiger partial charge in [-0.05, 0) is 40.0 Å². The van der Waals surface area contributed by atoms with E-state index in [9.17, 15) is 4.79 Å². The summed E-state index contributed by atoms with van der Waals surface area (Å²) in [5, 5.41) is 0. The molecule has 1 aliphatic rings. The van der Waals surface area contributed by atoms with Crippen molar-refractivity contribution >= 4 is 5.91 Å². The zero-order chi connectivity index (χ0) is 12.2. The number of carbonyl (C=O) groups is 1. The summed E-state index contributed by atoms with van der Waals surface area (Å²) in [7, 11) is 0. The average Bonchev–Trinajstić information content (AvgIpc) is 2.68. The summed E-state index contributed by atoms with van der Waals surface area (Å²) in [6, 6.07) is 0.499. The Labute approximate surface area is 99.4 Å². The Kier molecular flexibility index (Phi) is 4.78. The Balaban J connectivity index is 2.43. The van der Waals surface area contributed by atoms with Gasteiger partial charge in [0, 0.05) is 24.5 Å². The lowest BCUT2D eigenvalue weighted by Gasteiger charge is -2.29. The minimum absolute atomic E-state index is 0.231. The molecule has 0 aromatic rings. The highest BCUT2D eigenvalue weighted by atomic mass is 16.2. The lowest BCUT2D eigenvalue weighted by atomic mass is 9.99. The Morgan fingerprint density at radius 1 is 1.38 bits per heavy atom. The number of hydrogen-bond acceptors (Lipinski definition) is 2. The summed E-state index contributed by atoms with van der Waals surface area (Å²) in [5.74, 6) is 0.285. The Hall–Kier alpha value is -0.570. The maximum atomic E-state index is 12.1. The Morgan fingerprint density at radius 3 is 2.38 bits per heavy atom. The van der Waals surface area contributed by atoms with E-state index in [-0.39, 0.29) is 11.4 Å². The van der Waals surface area contributed by atoms with Gasteiger partial charge in [-0.3, -0.25) is 4.79 Å². The molecule has 0 radical (unpaired) electrons. The fraction of sp³-hybridized carbons (Fsp3) is 0.923. The van der Waals surface area contributed by atoms with Crippen molar-refractivity contribution < 1.29 is 4.79 Å². The molecule has 1 rings (SSSR count). The van der Waals surface area contributed by atoms with Crippen LogP contribution in [-0.2, 0) is 4.79 Å². The van der Waals surface area contributed by atoms with Gasteiger partial charge in [0.15, 0.2) is 0 Å². The number of nitrogens with two attached hydrogens (primary N) is 1. The van der Waals surface area contributed by atoms with Crippen LogP contribution in [0.1, 0.15) is 59.3 Å². The van der Waals surface area contributed by atoms with Crippen molar-refractivity contribution in [2.24, 2.45) is 5.73 Å². The van der Waals surface area contributed by atoms with E-state index in [1.54, 1.807) is 0 Å². The predicted octanol–water partition coefficient (Wildman–Crippen LogP) is 2.29. The van der Waals surface area contributed by atoms with Crippen LogP contribution in [-0.4, -0.2) is 28.9 Å². The Morgan fingerprint density at radius 2 is 1.94 bits per heavy atom. The molecule has 0 aromatic carbocycles. The van der Waals surface area contributed by atoms with E-state index < -0.39 is 0 Å². The second kappa shape index (κ2) is 5.67. The lowest BCUT2D eigenvalue weighted by molar-refractivity contribution is -0.133. The first-order chi connectivity index (χ1) is 7.44. The molecule has 1 aliphatic carbocycles. The van der Waals surface area contributed by atoms with Gasteiger partial charge in [0.25, 0.3) is 0 Å². The summed E-state index contributed by atoms with van der Waals surface area (Å²) in [5.41, 5.74) is 5.68. The minimum atomic E-state index is -0.231. The van der Waals surface area contributed by atoms with Crippen molar-refractivity contribution in [3.63, 3.8) is 0 Å². The molecule has 1 amide bonds. The zero-order valence-corrected chi connectivity index (χ0v) is 11.0. The van der Waals surface area contributed by atoms with Crippen LogP contribution in [0.5, 0.6) is 0 Å². The SMILES string of the molecule is CCN(C(=O)CCC(C)(C)N)C1CCCC1. The van der Waals surface area contributed by atoms with Gasteiger partial charge in [0.05, 0.1) is 0 Å². The van der Waals surface area contributed by atoms with Gasteiger partial charge in [-0.15, -0.1) is 0 Å². The highest BCUT2D eigenvalue weighted by molar-refractivity contribution is 5.76. The largest absolute Gasteiger partial charge is 0.340 e. The molecule has 0 aromatic heterocycles. The lowest BCUT2D eigenvalue weighted by Crippen LogP contribution is -2.40. The van der Waals surface area contributed by atoms with Crippen LogP contribution in [0.3, 0.4) is 0 Å². The van der Waals surface area contributed by atoms with Crippen LogP contribution in [0.4, 0.5) is 0 Å². The predicted molar refractivity (Wildman–Crippen MR) is 67.1 cm³/mol. The summed E-state index contributed by atoms with van der Waals surface area (Å²) >= 11 is 0. The van der Waals surface area contributed by atoms with E-state index in [4.69, 9.17) is 5.73 Å². The molecule has 0 unspecified atom stereocenters. The Bertz CT molecular complexity index is 227. The molecule has 2 N–H and O–H groups in total. The fourth-order valence-corrected chi connectivity index (χ4v) is 2.43. The van der Waals surface area contributed by atoms with Gasteiger partial charge < -0.3 is 10.6 Å². The number of amides is 1. The quantitative estimate of drug-likeness (QED) is 0.782. The van der Waals surface area contributed by atoms with Gasteiger partial charge in [0.2, 0.25) is 5.91 Å². The summed E-state index contributed by atoms with van der Waals surface area (Å²) in [4.78, 5) is 14.1. The normalized spacial score (nSPS) is 17.8. The van der Waals surface area contributed by atoms with Crippen LogP contribution >= 0.6 is 0 Å². The highest BCUT2D eigenvalue weighted by Gasteiger charge is 2.25. The second-order valence-electron chi connectivity index (χ2n) is 5.61. The average molecular weight is 226 g/mol. The van der Waals surface area contributed by atoms with Gasteiger partial charge in [-0.25, -0.2) is 0 Å². The summed E-state index contributed by atoms with van der Waals surface area (Å²) in [6.45, 7) is 6.87. The zero-order valence-electron chi connectivity index (χ0n) is 11.0. The smallest absolute Gasteiger partial charge is 0.222 e. The molecule has 3 heteroatoms. The van der Waals surface area contributed by atoms with Crippen molar-refractivity contribution in [2.75, 3.05) is 6.54 Å². The minimum Gasteiger partial charge on any atom is -0.340 e. The first-order valence-corrected chi connectivity index (χ1v) is 6.52. The number of nitrogens with zero attached hydrogens (tertiary/aromatic N) is 1. The number of hydrogen-bond donors (Lipinski definition) is 1. The molecule has 16 heavy (non-hydrogen) atoms. The van der Waals surface area contributed by atoms with Crippen LogP contribution in [0.2, 0.25) is 0 Å². The van der Waals surface area contributed by atoms with Gasteiger partial charge in [0.1, 0.15) is 0 Å². The van der Waals surface area contributed by atoms with E-state index in [0.717, 1.165) is 13.0 Å². The number of rotatable bonds is 5. The maximum absolute atomic E-state index is 12.1. The van der Waals surface area contributed by atoms with E-state index in [0.29, 0.717) is 12.5 Å². The van der Waals surface area contributed by atoms with Crippen LogP contribution in [0, 0.1) is 0 Å². The van der Waals surface area contributed by atoms with Crippen molar-refractivity contribution in [1.29, 1.82) is 0 Å². The molecule has 0 aliphatic heterocycles. The molecular formula is C13H26N2O. The van der Waals surface area contributed by atoms with E-state index in [1.807, 2.05) is 13.8 Å². The van der Waals surface area contributed by atoms with Crippen molar-refractivity contribution in [1.82, 2.24) is 4.90 Å². The molecule has 0 atom stereocenters. The third-order valence-electron chi connectivity index (χ3n) is 3.41. The second-order valence-corrected chi connectivity index (χ2v) is 5.61. The fourth-order valence-electron chi connectivity index (χ4n) is 2.43. The summed E-state index contributed by atoms with van der Waals surface area (Å²) < 4.78 is 0. The van der Waals surface area contributed by atoms with Crippen molar-refractivity contribution in [3.05, 3.63) is 0 Å². The first kappa shape index (κ1) is 13.5. The van der Waals surface area contributed by atoms with E-state index in [1.165, 1.54) is 25.7 Å². The molecule has 0 saturated heterocycles. The van der Waals surface area contributed by atoms with Crippen LogP contribution < -0.4 is 5.73 Å². The topological polar surface area (TPSA) is 46.3 Å². The van der Waals surface area contributed by atoms with E-state index >= 15 is 0 Å². The van der Waals surface area contributed by atoms with E-state index in [2.05, 4.69) is 11.8 Å². The third-order valence-corrected chi connectivity index (χ3v) is 3.41. The number of carbonyl (C=O) groups excluding carboxylic acids is 1. The molecule has 94 valence electrons. The third kappa shape index (κ3) is 4.12. The maximum Gasteiger partial charge on any atom is 0.222 e. The molecule has 0 spiro atoms. The van der Waals surface area contributed by atoms with Gasteiger partial charge in [-0.2, -0.15) is 0 Å². The monoisotopic (exact) mass is 226 g/mol. The molecular weight excluding hydrogens is 200 g/mol. The molecule has 1 fully saturated rings.